The van der Waals surface area contributed by atoms with Crippen molar-refractivity contribution in [2.45, 2.75) is 13.0 Å². The number of nitrogens with one attached hydrogen (secondary N) is 2. The number of methoxy groups -OCH3 is 1. The zero-order valence-corrected chi connectivity index (χ0v) is 13.3. The lowest BCUT2D eigenvalue weighted by atomic mass is 10.1. The van der Waals surface area contributed by atoms with Crippen molar-refractivity contribution in [1.82, 2.24) is 4.98 Å². The molecule has 0 bridgehead atoms. The first-order valence-electron chi connectivity index (χ1n) is 7.64. The molecule has 0 spiro atoms. The van der Waals surface area contributed by atoms with Crippen LogP contribution in [-0.2, 0) is 22.6 Å². The summed E-state index contributed by atoms with van der Waals surface area (Å²) in [6.07, 6.45) is 0.305. The van der Waals surface area contributed by atoms with E-state index in [1.54, 1.807) is 13.2 Å². The van der Waals surface area contributed by atoms with Crippen LogP contribution in [0.2, 0.25) is 0 Å². The van der Waals surface area contributed by atoms with E-state index in [1.165, 1.54) is 6.07 Å². The van der Waals surface area contributed by atoms with Gasteiger partial charge in [0.05, 0.1) is 18.5 Å². The molecule has 0 radical (unpaired) electrons. The maximum atomic E-state index is 12.2. The number of fused-ring (bicyclic) bond motifs is 1. The van der Waals surface area contributed by atoms with Crippen molar-refractivity contribution in [2.24, 2.45) is 0 Å². The topological polar surface area (TPSA) is 71.2 Å². The second kappa shape index (κ2) is 7.10. The van der Waals surface area contributed by atoms with Gasteiger partial charge >= 0.3 is 0 Å². The normalized spacial score (nSPS) is 10.7. The second-order valence-electron chi connectivity index (χ2n) is 5.56. The smallest absolute Gasteiger partial charge is 0.248 e. The maximum Gasteiger partial charge on any atom is 0.248 e. The van der Waals surface area contributed by atoms with Gasteiger partial charge in [0.15, 0.2) is 0 Å². The van der Waals surface area contributed by atoms with E-state index in [9.17, 15) is 9.59 Å². The highest BCUT2D eigenvalue weighted by Gasteiger charge is 2.07. The minimum atomic E-state index is -0.192. The first-order valence-corrected chi connectivity index (χ1v) is 7.64. The SMILES string of the molecule is COCc1cc(=O)[nH]c2cc(NC(=O)Cc3ccccc3)ccc12. The Hall–Kier alpha value is -2.92. The summed E-state index contributed by atoms with van der Waals surface area (Å²) in [5.41, 5.74) is 2.90. The van der Waals surface area contributed by atoms with Gasteiger partial charge < -0.3 is 15.0 Å². The van der Waals surface area contributed by atoms with Crippen LogP contribution in [0, 0.1) is 0 Å². The molecule has 2 N–H and O–H groups in total. The molecule has 1 aromatic heterocycles. The first kappa shape index (κ1) is 16.0. The highest BCUT2D eigenvalue weighted by atomic mass is 16.5. The molecule has 5 nitrogen and oxygen atoms in total. The fraction of sp³-hybridized carbons (Fsp3) is 0.158. The third-order valence-corrected chi connectivity index (χ3v) is 3.72. The first-order chi connectivity index (χ1) is 11.7. The van der Waals surface area contributed by atoms with Crippen LogP contribution in [0.25, 0.3) is 10.9 Å². The molecule has 5 heteroatoms. The number of amides is 1. The van der Waals surface area contributed by atoms with Gasteiger partial charge in [0.1, 0.15) is 0 Å². The highest BCUT2D eigenvalue weighted by molar-refractivity contribution is 5.95. The number of anilines is 1. The van der Waals surface area contributed by atoms with E-state index in [2.05, 4.69) is 10.3 Å². The van der Waals surface area contributed by atoms with Gasteiger partial charge in [-0.25, -0.2) is 0 Å². The number of ether oxygens (including phenoxy) is 1. The number of H-pyrrole nitrogens is 1. The Bertz CT molecular complexity index is 917. The number of pyridine rings is 1. The van der Waals surface area contributed by atoms with Crippen molar-refractivity contribution >= 4 is 22.5 Å². The van der Waals surface area contributed by atoms with Crippen molar-refractivity contribution in [2.75, 3.05) is 12.4 Å². The molecule has 0 atom stereocenters. The molecule has 0 fully saturated rings. The summed E-state index contributed by atoms with van der Waals surface area (Å²) < 4.78 is 5.13. The number of carbonyl (C=O) groups is 1. The number of aromatic nitrogens is 1. The zero-order valence-electron chi connectivity index (χ0n) is 13.3. The molecule has 2 aromatic carbocycles. The van der Waals surface area contributed by atoms with Crippen LogP contribution < -0.4 is 10.9 Å². The van der Waals surface area contributed by atoms with E-state index in [0.717, 1.165) is 16.5 Å². The molecule has 0 aliphatic carbocycles. The molecule has 0 saturated heterocycles. The number of carbonyl (C=O) groups excluding carboxylic acids is 1. The number of rotatable bonds is 5. The average molecular weight is 322 g/mol. The largest absolute Gasteiger partial charge is 0.380 e. The average Bonchev–Trinajstić information content (AvgIpc) is 2.55. The van der Waals surface area contributed by atoms with Crippen LogP contribution in [0.1, 0.15) is 11.1 Å². The van der Waals surface area contributed by atoms with Crippen molar-refractivity contribution in [1.29, 1.82) is 0 Å². The summed E-state index contributed by atoms with van der Waals surface area (Å²) in [6.45, 7) is 0.361. The second-order valence-corrected chi connectivity index (χ2v) is 5.56. The zero-order chi connectivity index (χ0) is 16.9. The summed E-state index contributed by atoms with van der Waals surface area (Å²) in [5, 5.41) is 3.76. The molecular formula is C19H18N2O3. The van der Waals surface area contributed by atoms with Crippen LogP contribution in [-0.4, -0.2) is 18.0 Å². The van der Waals surface area contributed by atoms with Crippen LogP contribution in [0.3, 0.4) is 0 Å². The minimum absolute atomic E-state index is 0.101. The van der Waals surface area contributed by atoms with E-state index in [-0.39, 0.29) is 11.5 Å². The summed E-state index contributed by atoms with van der Waals surface area (Å²) in [5.74, 6) is -0.101. The Morgan fingerprint density at radius 3 is 2.67 bits per heavy atom. The van der Waals surface area contributed by atoms with Crippen LogP contribution in [0.4, 0.5) is 5.69 Å². The third-order valence-electron chi connectivity index (χ3n) is 3.72. The molecule has 24 heavy (non-hydrogen) atoms. The monoisotopic (exact) mass is 322 g/mol. The van der Waals surface area contributed by atoms with Gasteiger partial charge in [-0.05, 0) is 23.3 Å². The maximum absolute atomic E-state index is 12.2. The van der Waals surface area contributed by atoms with E-state index in [0.29, 0.717) is 24.2 Å². The number of hydrogen-bond donors (Lipinski definition) is 2. The lowest BCUT2D eigenvalue weighted by Crippen LogP contribution is -2.14. The molecule has 1 amide bonds. The fourth-order valence-corrected chi connectivity index (χ4v) is 2.67. The molecule has 122 valence electrons. The number of benzene rings is 2. The molecule has 3 rings (SSSR count). The van der Waals surface area contributed by atoms with Crippen molar-refractivity contribution in [3.05, 3.63) is 76.1 Å². The number of hydrogen-bond acceptors (Lipinski definition) is 3. The predicted octanol–water partition coefficient (Wildman–Crippen LogP) is 2.86. The molecule has 0 aliphatic heterocycles. The van der Waals surface area contributed by atoms with Crippen molar-refractivity contribution in [3.63, 3.8) is 0 Å². The van der Waals surface area contributed by atoms with Gasteiger partial charge in [-0.2, -0.15) is 0 Å². The van der Waals surface area contributed by atoms with Gasteiger partial charge in [-0.1, -0.05) is 36.4 Å². The molecule has 0 saturated carbocycles. The van der Waals surface area contributed by atoms with Crippen LogP contribution >= 0.6 is 0 Å². The predicted molar refractivity (Wildman–Crippen MR) is 94.1 cm³/mol. The van der Waals surface area contributed by atoms with Crippen LogP contribution in [0.15, 0.2) is 59.4 Å². The Balaban J connectivity index is 1.83. The lowest BCUT2D eigenvalue weighted by molar-refractivity contribution is -0.115. The Kier molecular flexibility index (Phi) is 4.72. The Morgan fingerprint density at radius 1 is 1.12 bits per heavy atom. The van der Waals surface area contributed by atoms with Gasteiger partial charge in [-0.15, -0.1) is 0 Å². The van der Waals surface area contributed by atoms with Crippen molar-refractivity contribution in [3.8, 4) is 0 Å². The molecule has 1 heterocycles. The quantitative estimate of drug-likeness (QED) is 0.759. The molecule has 3 aromatic rings. The van der Waals surface area contributed by atoms with Gasteiger partial charge in [-0.3, -0.25) is 9.59 Å². The van der Waals surface area contributed by atoms with Gasteiger partial charge in [0, 0.05) is 24.2 Å². The van der Waals surface area contributed by atoms with Gasteiger partial charge in [0.2, 0.25) is 11.5 Å². The summed E-state index contributed by atoms with van der Waals surface area (Å²) >= 11 is 0. The standard InChI is InChI=1S/C19H18N2O3/c1-24-12-14-10-19(23)21-17-11-15(7-8-16(14)17)20-18(22)9-13-5-3-2-4-6-13/h2-8,10-11H,9,12H2,1H3,(H,20,22)(H,21,23). The Labute approximate surface area is 139 Å². The van der Waals surface area contributed by atoms with E-state index >= 15 is 0 Å². The molecule has 0 unspecified atom stereocenters. The van der Waals surface area contributed by atoms with E-state index in [4.69, 9.17) is 4.74 Å². The van der Waals surface area contributed by atoms with Gasteiger partial charge in [0.25, 0.3) is 0 Å². The molecular weight excluding hydrogens is 304 g/mol. The summed E-state index contributed by atoms with van der Waals surface area (Å²) in [4.78, 5) is 26.7. The van der Waals surface area contributed by atoms with Crippen LogP contribution in [0.5, 0.6) is 0 Å². The minimum Gasteiger partial charge on any atom is -0.380 e. The number of aromatic amines is 1. The fourth-order valence-electron chi connectivity index (χ4n) is 2.67. The van der Waals surface area contributed by atoms with E-state index < -0.39 is 0 Å². The summed E-state index contributed by atoms with van der Waals surface area (Å²) in [7, 11) is 1.59. The highest BCUT2D eigenvalue weighted by Crippen LogP contribution is 2.20. The summed E-state index contributed by atoms with van der Waals surface area (Å²) in [6, 6.07) is 16.5. The van der Waals surface area contributed by atoms with E-state index in [1.807, 2.05) is 42.5 Å². The van der Waals surface area contributed by atoms with Crippen molar-refractivity contribution < 1.29 is 9.53 Å². The molecule has 0 aliphatic rings. The third kappa shape index (κ3) is 3.70. The lowest BCUT2D eigenvalue weighted by Gasteiger charge is -2.09. The Morgan fingerprint density at radius 2 is 1.92 bits per heavy atom.